The van der Waals surface area contributed by atoms with Crippen molar-refractivity contribution < 1.29 is 93.0 Å². The number of hydrogen-bond acceptors (Lipinski definition) is 20. The first-order valence-electron chi connectivity index (χ1n) is 17.3. The third kappa shape index (κ3) is 7.35. The van der Waals surface area contributed by atoms with Crippen molar-refractivity contribution in [3.63, 3.8) is 0 Å². The minimum atomic E-state index is -1.88. The van der Waals surface area contributed by atoms with Crippen molar-refractivity contribution in [1.82, 2.24) is 0 Å². The second kappa shape index (κ2) is 16.0. The van der Waals surface area contributed by atoms with Crippen LogP contribution in [0.15, 0.2) is 45.8 Å². The molecule has 5 heterocycles. The van der Waals surface area contributed by atoms with Gasteiger partial charge in [-0.1, -0.05) is 12.1 Å². The highest BCUT2D eigenvalue weighted by molar-refractivity contribution is 5.91. The molecule has 15 unspecified atom stereocenters. The van der Waals surface area contributed by atoms with E-state index in [1.165, 1.54) is 50.6 Å². The topological polar surface area (TPSA) is 295 Å². The fourth-order valence-electron chi connectivity index (χ4n) is 6.81. The van der Waals surface area contributed by atoms with E-state index in [2.05, 4.69) is 0 Å². The highest BCUT2D eigenvalue weighted by Gasteiger charge is 2.52. The van der Waals surface area contributed by atoms with Crippen molar-refractivity contribution in [2.75, 3.05) is 27.1 Å². The molecule has 0 spiro atoms. The molecule has 0 saturated carbocycles. The minimum absolute atomic E-state index is 0.0557. The summed E-state index contributed by atoms with van der Waals surface area (Å²) in [4.78, 5) is 13.7. The zero-order chi connectivity index (χ0) is 39.3. The predicted molar refractivity (Wildman–Crippen MR) is 179 cm³/mol. The molecule has 9 N–H and O–H groups in total. The summed E-state index contributed by atoms with van der Waals surface area (Å²) in [6.07, 6.45) is -22.7. The van der Waals surface area contributed by atoms with E-state index in [4.69, 9.17) is 47.0 Å². The quantitative estimate of drug-likeness (QED) is 0.0993. The van der Waals surface area contributed by atoms with Crippen LogP contribution in [0.1, 0.15) is 6.92 Å². The molecule has 7 rings (SSSR count). The van der Waals surface area contributed by atoms with Gasteiger partial charge < -0.3 is 93.0 Å². The predicted octanol–water partition coefficient (Wildman–Crippen LogP) is -2.95. The molecule has 20 heteroatoms. The van der Waals surface area contributed by atoms with Crippen LogP contribution in [0.4, 0.5) is 0 Å². The number of aliphatic hydroxyl groups is 9. The van der Waals surface area contributed by atoms with Crippen LogP contribution in [0.5, 0.6) is 23.0 Å². The van der Waals surface area contributed by atoms with Crippen LogP contribution in [-0.4, -0.2) is 165 Å². The lowest BCUT2D eigenvalue weighted by Gasteiger charge is -2.46. The molecule has 20 nitrogen and oxygen atoms in total. The third-order valence-electron chi connectivity index (χ3n) is 10.00. The van der Waals surface area contributed by atoms with Crippen LogP contribution < -0.4 is 24.4 Å². The van der Waals surface area contributed by atoms with E-state index in [0.29, 0.717) is 11.3 Å². The average molecular weight is 783 g/mol. The van der Waals surface area contributed by atoms with Crippen LogP contribution in [-0.2, 0) is 23.7 Å². The first-order chi connectivity index (χ1) is 26.3. The summed E-state index contributed by atoms with van der Waals surface area (Å²) in [7, 11) is 1.38. The SMILES string of the molecule is COc1c2c(cc3occ(-c4ccc(OC5OC(COC6OC(C)C(O)C(O)C6O)C(O)C(O)C5OC5OC(CO)C(O)C(O)C5O)cc4)c(=O)c13)OCO2. The van der Waals surface area contributed by atoms with E-state index in [1.807, 2.05) is 0 Å². The first kappa shape index (κ1) is 39.5. The smallest absolute Gasteiger partial charge is 0.231 e. The van der Waals surface area contributed by atoms with Gasteiger partial charge in [0.05, 0.1) is 32.0 Å². The lowest BCUT2D eigenvalue weighted by atomic mass is 9.97. The van der Waals surface area contributed by atoms with Gasteiger partial charge in [0, 0.05) is 6.07 Å². The number of benzene rings is 2. The van der Waals surface area contributed by atoms with Crippen LogP contribution in [0.25, 0.3) is 22.1 Å². The number of fused-ring (bicyclic) bond motifs is 2. The van der Waals surface area contributed by atoms with Gasteiger partial charge in [-0.2, -0.15) is 0 Å². The molecule has 1 aromatic heterocycles. The Morgan fingerprint density at radius 3 is 2.15 bits per heavy atom. The number of ether oxygens (including phenoxy) is 9. The zero-order valence-corrected chi connectivity index (χ0v) is 29.3. The lowest BCUT2D eigenvalue weighted by molar-refractivity contribution is -0.362. The van der Waals surface area contributed by atoms with Crippen LogP contribution >= 0.6 is 0 Å². The molecule has 4 aliphatic rings. The van der Waals surface area contributed by atoms with Gasteiger partial charge in [0.15, 0.2) is 30.2 Å². The molecule has 3 saturated heterocycles. The number of hydrogen-bond donors (Lipinski definition) is 9. The van der Waals surface area contributed by atoms with E-state index in [0.717, 1.165) is 0 Å². The van der Waals surface area contributed by atoms with Crippen LogP contribution in [0.2, 0.25) is 0 Å². The van der Waals surface area contributed by atoms with Crippen molar-refractivity contribution in [3.05, 3.63) is 46.8 Å². The Morgan fingerprint density at radius 2 is 1.44 bits per heavy atom. The van der Waals surface area contributed by atoms with E-state index < -0.39 is 111 Å². The molecule has 0 bridgehead atoms. The summed E-state index contributed by atoms with van der Waals surface area (Å²) in [6.45, 7) is 0.0681. The molecule has 3 aromatic rings. The molecule has 55 heavy (non-hydrogen) atoms. The normalized spacial score (nSPS) is 37.5. The van der Waals surface area contributed by atoms with E-state index in [-0.39, 0.29) is 40.6 Å². The zero-order valence-electron chi connectivity index (χ0n) is 29.3. The first-order valence-corrected chi connectivity index (χ1v) is 17.3. The van der Waals surface area contributed by atoms with Gasteiger partial charge in [-0.05, 0) is 24.6 Å². The number of aliphatic hydroxyl groups excluding tert-OH is 9. The Balaban J connectivity index is 1.14. The fraction of sp³-hybridized carbons (Fsp3) is 0.571. The Morgan fingerprint density at radius 1 is 0.764 bits per heavy atom. The van der Waals surface area contributed by atoms with E-state index in [9.17, 15) is 50.8 Å². The summed E-state index contributed by atoms with van der Waals surface area (Å²) >= 11 is 0. The van der Waals surface area contributed by atoms with Gasteiger partial charge in [-0.25, -0.2) is 0 Å². The molecule has 2 aromatic carbocycles. The van der Waals surface area contributed by atoms with Crippen molar-refractivity contribution in [1.29, 1.82) is 0 Å². The molecular weight excluding hydrogens is 740 g/mol. The Kier molecular flexibility index (Phi) is 11.5. The van der Waals surface area contributed by atoms with Crippen molar-refractivity contribution in [2.45, 2.75) is 99.0 Å². The number of methoxy groups -OCH3 is 1. The molecule has 302 valence electrons. The molecule has 0 radical (unpaired) electrons. The largest absolute Gasteiger partial charge is 0.492 e. The molecular formula is C35H42O20. The van der Waals surface area contributed by atoms with Crippen molar-refractivity contribution in [2.24, 2.45) is 0 Å². The fourth-order valence-corrected chi connectivity index (χ4v) is 6.81. The summed E-state index contributed by atoms with van der Waals surface area (Å²) in [6, 6.07) is 7.48. The molecule has 0 aliphatic carbocycles. The second-order valence-electron chi connectivity index (χ2n) is 13.5. The van der Waals surface area contributed by atoms with Crippen molar-refractivity contribution in [3.8, 4) is 34.1 Å². The van der Waals surface area contributed by atoms with Crippen molar-refractivity contribution >= 4 is 11.0 Å². The molecule has 0 amide bonds. The van der Waals surface area contributed by atoms with Gasteiger partial charge in [0.25, 0.3) is 0 Å². The van der Waals surface area contributed by atoms with Gasteiger partial charge in [-0.15, -0.1) is 0 Å². The highest BCUT2D eigenvalue weighted by Crippen LogP contribution is 2.45. The molecule has 3 fully saturated rings. The summed E-state index contributed by atoms with van der Waals surface area (Å²) in [5, 5.41) is 94.0. The minimum Gasteiger partial charge on any atom is -0.492 e. The maximum absolute atomic E-state index is 13.7. The summed E-state index contributed by atoms with van der Waals surface area (Å²) < 4.78 is 56.5. The van der Waals surface area contributed by atoms with Gasteiger partial charge in [0.1, 0.15) is 84.0 Å². The van der Waals surface area contributed by atoms with Gasteiger partial charge in [0.2, 0.25) is 24.3 Å². The second-order valence-corrected chi connectivity index (χ2v) is 13.5. The Labute approximate surface area is 311 Å². The summed E-state index contributed by atoms with van der Waals surface area (Å²) in [5.41, 5.74) is 0.332. The van der Waals surface area contributed by atoms with Gasteiger partial charge >= 0.3 is 0 Å². The van der Waals surface area contributed by atoms with Crippen LogP contribution in [0.3, 0.4) is 0 Å². The Bertz CT molecular complexity index is 1850. The van der Waals surface area contributed by atoms with Crippen LogP contribution in [0, 0.1) is 0 Å². The average Bonchev–Trinajstić information content (AvgIpc) is 3.66. The maximum atomic E-state index is 13.7. The maximum Gasteiger partial charge on any atom is 0.231 e. The lowest BCUT2D eigenvalue weighted by Crippen LogP contribution is -2.65. The highest BCUT2D eigenvalue weighted by atomic mass is 16.8. The molecule has 15 atom stereocenters. The third-order valence-corrected chi connectivity index (χ3v) is 10.00. The Hall–Kier alpha value is -3.71. The van der Waals surface area contributed by atoms with Gasteiger partial charge in [-0.3, -0.25) is 4.79 Å². The monoisotopic (exact) mass is 782 g/mol. The van der Waals surface area contributed by atoms with E-state index >= 15 is 0 Å². The standard InChI is InChI=1S/C35H42O20/c1-12-21(37)25(41)28(44)33(51-12)48-10-19-24(40)27(43)32(55-34-29(45)26(42)23(39)18(8-36)53-34)35(54-19)52-14-5-3-13(4-6-14)15-9-47-16-7-17-30(50-11-49-17)31(46-2)20(16)22(15)38/h3-7,9,12,18-19,21,23-29,32-37,39-45H,8,10-11H2,1-2H3. The van der Waals surface area contributed by atoms with E-state index in [1.54, 1.807) is 0 Å². The summed E-state index contributed by atoms with van der Waals surface area (Å²) in [5.74, 6) is 0.857. The molecule has 4 aliphatic heterocycles. The number of rotatable bonds is 10.